The molecule has 144 valence electrons. The molecule has 28 heavy (non-hydrogen) atoms. The first-order valence-electron chi connectivity index (χ1n) is 8.09. The molecule has 3 rings (SSSR count). The van der Waals surface area contributed by atoms with Crippen LogP contribution in [0.15, 0.2) is 71.9 Å². The number of halogens is 1. The third-order valence-electron chi connectivity index (χ3n) is 3.71. The molecule has 0 fully saturated rings. The zero-order valence-electron chi connectivity index (χ0n) is 14.5. The summed E-state index contributed by atoms with van der Waals surface area (Å²) in [6.45, 7) is 0.144. The van der Waals surface area contributed by atoms with E-state index in [1.165, 1.54) is 30.6 Å². The average Bonchev–Trinajstić information content (AvgIpc) is 2.67. The molecule has 0 unspecified atom stereocenters. The van der Waals surface area contributed by atoms with Crippen LogP contribution in [0.3, 0.4) is 0 Å². The summed E-state index contributed by atoms with van der Waals surface area (Å²) in [4.78, 5) is 15.1. The first-order valence-corrected chi connectivity index (χ1v) is 9.95. The molecule has 0 spiro atoms. The maximum atomic E-state index is 12.5. The summed E-state index contributed by atoms with van der Waals surface area (Å²) in [6, 6.07) is 14.4. The smallest absolute Gasteiger partial charge is 0.263 e. The number of carbonyl (C=O) groups excluding carboxylic acids is 1. The molecule has 9 heteroatoms. The van der Waals surface area contributed by atoms with Crippen LogP contribution >= 0.6 is 11.6 Å². The number of nitrogens with zero attached hydrogens (tertiary/aromatic N) is 1. The molecule has 2 aromatic carbocycles. The van der Waals surface area contributed by atoms with Crippen molar-refractivity contribution in [3.8, 4) is 5.75 Å². The number of hydrogen-bond acceptors (Lipinski definition) is 5. The highest BCUT2D eigenvalue weighted by Crippen LogP contribution is 2.24. The van der Waals surface area contributed by atoms with Crippen molar-refractivity contribution in [1.29, 1.82) is 0 Å². The predicted molar refractivity (Wildman–Crippen MR) is 106 cm³/mol. The molecular weight excluding hydrogens is 402 g/mol. The lowest BCUT2D eigenvalue weighted by molar-refractivity contribution is 0.0999. The second-order valence-corrected chi connectivity index (χ2v) is 7.86. The molecule has 0 saturated heterocycles. The van der Waals surface area contributed by atoms with Gasteiger partial charge in [0.1, 0.15) is 17.3 Å². The topological polar surface area (TPSA) is 111 Å². The van der Waals surface area contributed by atoms with Crippen molar-refractivity contribution in [2.75, 3.05) is 4.72 Å². The minimum atomic E-state index is -3.83. The number of nitrogens with two attached hydrogens (primary N) is 1. The molecule has 1 amide bonds. The van der Waals surface area contributed by atoms with E-state index in [-0.39, 0.29) is 22.1 Å². The summed E-state index contributed by atoms with van der Waals surface area (Å²) in [6.07, 6.45) is 2.80. The Morgan fingerprint density at radius 1 is 1.11 bits per heavy atom. The molecule has 0 aliphatic carbocycles. The van der Waals surface area contributed by atoms with Crippen LogP contribution < -0.4 is 15.2 Å². The molecule has 0 atom stereocenters. The Bertz CT molecular complexity index is 1120. The molecule has 0 bridgehead atoms. The largest absolute Gasteiger partial charge is 0.487 e. The van der Waals surface area contributed by atoms with Gasteiger partial charge in [-0.1, -0.05) is 35.9 Å². The molecule has 0 aliphatic heterocycles. The van der Waals surface area contributed by atoms with Gasteiger partial charge in [-0.3, -0.25) is 14.5 Å². The third-order valence-corrected chi connectivity index (χ3v) is 5.59. The number of nitrogens with one attached hydrogen (secondary N) is 1. The van der Waals surface area contributed by atoms with Crippen molar-refractivity contribution >= 4 is 33.2 Å². The van der Waals surface area contributed by atoms with E-state index in [4.69, 9.17) is 22.1 Å². The average molecular weight is 418 g/mol. The molecule has 1 aromatic heterocycles. The van der Waals surface area contributed by atoms with Crippen LogP contribution in [0.2, 0.25) is 5.02 Å². The van der Waals surface area contributed by atoms with Gasteiger partial charge in [0.15, 0.2) is 0 Å². The number of hydrogen-bond donors (Lipinski definition) is 2. The van der Waals surface area contributed by atoms with Gasteiger partial charge in [0.2, 0.25) is 5.91 Å². The van der Waals surface area contributed by atoms with E-state index in [9.17, 15) is 13.2 Å². The van der Waals surface area contributed by atoms with Crippen molar-refractivity contribution in [2.24, 2.45) is 5.73 Å². The van der Waals surface area contributed by atoms with Crippen LogP contribution in [0.4, 0.5) is 5.69 Å². The monoisotopic (exact) mass is 417 g/mol. The number of benzene rings is 2. The third kappa shape index (κ3) is 4.79. The van der Waals surface area contributed by atoms with Crippen molar-refractivity contribution in [3.63, 3.8) is 0 Å². The molecule has 0 saturated carbocycles. The Morgan fingerprint density at radius 3 is 2.64 bits per heavy atom. The van der Waals surface area contributed by atoms with E-state index in [0.29, 0.717) is 17.0 Å². The van der Waals surface area contributed by atoms with Crippen molar-refractivity contribution in [3.05, 3.63) is 83.1 Å². The summed E-state index contributed by atoms with van der Waals surface area (Å²) in [5.41, 5.74) is 6.53. The molecule has 3 aromatic rings. The van der Waals surface area contributed by atoms with Gasteiger partial charge >= 0.3 is 0 Å². The predicted octanol–water partition coefficient (Wildman–Crippen LogP) is 3.21. The number of carbonyl (C=O) groups is 1. The van der Waals surface area contributed by atoms with Crippen LogP contribution in [0.5, 0.6) is 5.75 Å². The minimum absolute atomic E-state index is 0.00680. The van der Waals surface area contributed by atoms with E-state index in [1.807, 2.05) is 0 Å². The van der Waals surface area contributed by atoms with Crippen molar-refractivity contribution in [2.45, 2.75) is 11.5 Å². The van der Waals surface area contributed by atoms with E-state index in [1.54, 1.807) is 36.4 Å². The Morgan fingerprint density at radius 2 is 1.89 bits per heavy atom. The van der Waals surface area contributed by atoms with Gasteiger partial charge in [0, 0.05) is 11.9 Å². The van der Waals surface area contributed by atoms with Crippen molar-refractivity contribution < 1.29 is 17.9 Å². The number of anilines is 1. The minimum Gasteiger partial charge on any atom is -0.487 e. The highest BCUT2D eigenvalue weighted by molar-refractivity contribution is 7.92. The van der Waals surface area contributed by atoms with Gasteiger partial charge in [0.25, 0.3) is 10.0 Å². The Hall–Kier alpha value is -3.10. The lowest BCUT2D eigenvalue weighted by Gasteiger charge is -2.11. The second-order valence-electron chi connectivity index (χ2n) is 5.80. The van der Waals surface area contributed by atoms with Crippen molar-refractivity contribution in [1.82, 2.24) is 4.98 Å². The summed E-state index contributed by atoms with van der Waals surface area (Å²) in [5.74, 6) is -0.229. The maximum absolute atomic E-state index is 12.5. The quantitative estimate of drug-likeness (QED) is 0.613. The number of pyridine rings is 1. The summed E-state index contributed by atoms with van der Waals surface area (Å²) < 4.78 is 33.2. The fourth-order valence-corrected chi connectivity index (χ4v) is 3.97. The molecule has 1 heterocycles. The lowest BCUT2D eigenvalue weighted by atomic mass is 10.2. The van der Waals surface area contributed by atoms with Gasteiger partial charge < -0.3 is 10.5 Å². The normalized spacial score (nSPS) is 11.0. The van der Waals surface area contributed by atoms with Gasteiger partial charge in [-0.25, -0.2) is 8.42 Å². The first-order chi connectivity index (χ1) is 13.3. The van der Waals surface area contributed by atoms with Gasteiger partial charge in [-0.05, 0) is 35.9 Å². The number of rotatable bonds is 7. The standard InChI is InChI=1S/C19H16ClN3O4S/c20-17-6-1-2-7-18(17)28(25,26)23-15-5-3-4-13(8-15)12-27-16-9-14(19(21)24)10-22-11-16/h1-11,23H,12H2,(H2,21,24). The molecule has 3 N–H and O–H groups in total. The van der Waals surface area contributed by atoms with E-state index in [2.05, 4.69) is 9.71 Å². The maximum Gasteiger partial charge on any atom is 0.263 e. The Balaban J connectivity index is 1.73. The number of amides is 1. The second kappa shape index (κ2) is 8.28. The van der Waals surface area contributed by atoms with Crippen LogP contribution in [0.25, 0.3) is 0 Å². The highest BCUT2D eigenvalue weighted by Gasteiger charge is 2.17. The number of ether oxygens (including phenoxy) is 1. The number of sulfonamides is 1. The van der Waals surface area contributed by atoms with Crippen LogP contribution in [0, 0.1) is 0 Å². The number of aromatic nitrogens is 1. The summed E-state index contributed by atoms with van der Waals surface area (Å²) in [5, 5.41) is 0.135. The summed E-state index contributed by atoms with van der Waals surface area (Å²) >= 11 is 5.98. The Kier molecular flexibility index (Phi) is 5.81. The zero-order valence-corrected chi connectivity index (χ0v) is 16.1. The van der Waals surface area contributed by atoms with E-state index < -0.39 is 15.9 Å². The highest BCUT2D eigenvalue weighted by atomic mass is 35.5. The first kappa shape index (κ1) is 19.7. The van der Waals surface area contributed by atoms with Crippen LogP contribution in [0.1, 0.15) is 15.9 Å². The summed E-state index contributed by atoms with van der Waals surface area (Å²) in [7, 11) is -3.83. The molecule has 0 radical (unpaired) electrons. The SMILES string of the molecule is NC(=O)c1cncc(OCc2cccc(NS(=O)(=O)c3ccccc3Cl)c2)c1. The van der Waals surface area contributed by atoms with Gasteiger partial charge in [0.05, 0.1) is 16.8 Å². The van der Waals surface area contributed by atoms with E-state index >= 15 is 0 Å². The van der Waals surface area contributed by atoms with Gasteiger partial charge in [-0.2, -0.15) is 0 Å². The van der Waals surface area contributed by atoms with Gasteiger partial charge in [-0.15, -0.1) is 0 Å². The zero-order chi connectivity index (χ0) is 20.1. The molecular formula is C19H16ClN3O4S. The Labute approximate surface area is 167 Å². The van der Waals surface area contributed by atoms with E-state index in [0.717, 1.165) is 0 Å². The lowest BCUT2D eigenvalue weighted by Crippen LogP contribution is -2.13. The molecule has 0 aliphatic rings. The fraction of sp³-hybridized carbons (Fsp3) is 0.0526. The van der Waals surface area contributed by atoms with Crippen LogP contribution in [-0.2, 0) is 16.6 Å². The fourth-order valence-electron chi connectivity index (χ4n) is 2.40. The van der Waals surface area contributed by atoms with Crippen LogP contribution in [-0.4, -0.2) is 19.3 Å². The number of primary amides is 1. The molecule has 7 nitrogen and oxygen atoms in total.